The molecule has 0 aromatic rings. The lowest BCUT2D eigenvalue weighted by Crippen LogP contribution is -2.29. The quantitative estimate of drug-likeness (QED) is 0.0490. The van der Waals surface area contributed by atoms with Crippen molar-refractivity contribution in [2.24, 2.45) is 5.41 Å². The van der Waals surface area contributed by atoms with E-state index in [1.54, 1.807) is 0 Å². The Morgan fingerprint density at radius 2 is 0.909 bits per heavy atom. The van der Waals surface area contributed by atoms with Crippen LogP contribution in [-0.4, -0.2) is 60.9 Å². The Balaban J connectivity index is 2.14. The lowest BCUT2D eigenvalue weighted by Gasteiger charge is -2.21. The van der Waals surface area contributed by atoms with Gasteiger partial charge in [0.2, 0.25) is 0 Å². The lowest BCUT2D eigenvalue weighted by molar-refractivity contribution is -0.150. The highest BCUT2D eigenvalue weighted by Crippen LogP contribution is 2.50. The van der Waals surface area contributed by atoms with Crippen LogP contribution in [0.15, 0.2) is 0 Å². The number of unbranched alkanes of at least 4 members (excludes halogenated alkanes) is 25. The molecule has 1 N–H and O–H groups in total. The fourth-order valence-corrected chi connectivity index (χ4v) is 8.14. The minimum absolute atomic E-state index is 0.00578. The van der Waals surface area contributed by atoms with E-state index in [4.69, 9.17) is 9.47 Å². The second-order valence-corrected chi connectivity index (χ2v) is 17.7. The van der Waals surface area contributed by atoms with Crippen molar-refractivity contribution in [1.29, 1.82) is 0 Å². The summed E-state index contributed by atoms with van der Waals surface area (Å²) in [5, 5.41) is 9.64. The largest absolute Gasteiger partial charge is 0.465 e. The standard InChI is InChI=1S/C49H95NO5/c1-4-7-10-13-16-19-23-29-36-47(52)54-45-49(39-40-49)38-31-26-33-42-50(43-44-51)41-32-25-20-24-30-37-48(53)55-46(34-27-21-17-14-11-8-5-2)35-28-22-18-15-12-9-6-3/h46,51H,4-45H2,1-3H3. The Hall–Kier alpha value is -1.14. The molecule has 1 saturated carbocycles. The van der Waals surface area contributed by atoms with Crippen molar-refractivity contribution in [3.63, 3.8) is 0 Å². The fourth-order valence-electron chi connectivity index (χ4n) is 8.14. The minimum Gasteiger partial charge on any atom is -0.465 e. The van der Waals surface area contributed by atoms with Gasteiger partial charge in [-0.3, -0.25) is 9.59 Å². The van der Waals surface area contributed by atoms with Crippen molar-refractivity contribution in [3.05, 3.63) is 0 Å². The highest BCUT2D eigenvalue weighted by Gasteiger charge is 2.43. The molecule has 1 fully saturated rings. The molecule has 0 spiro atoms. The molecule has 55 heavy (non-hydrogen) atoms. The normalized spacial score (nSPS) is 13.6. The van der Waals surface area contributed by atoms with Crippen LogP contribution in [0.1, 0.15) is 258 Å². The van der Waals surface area contributed by atoms with E-state index in [2.05, 4.69) is 25.7 Å². The molecule has 0 unspecified atom stereocenters. The zero-order valence-electron chi connectivity index (χ0n) is 37.3. The Morgan fingerprint density at radius 1 is 0.509 bits per heavy atom. The van der Waals surface area contributed by atoms with E-state index >= 15 is 0 Å². The van der Waals surface area contributed by atoms with Gasteiger partial charge < -0.3 is 19.5 Å². The molecule has 1 rings (SSSR count). The van der Waals surface area contributed by atoms with Crippen LogP contribution in [0.25, 0.3) is 0 Å². The molecular formula is C49H95NO5. The van der Waals surface area contributed by atoms with Gasteiger partial charge in [0.15, 0.2) is 0 Å². The number of ether oxygens (including phenoxy) is 2. The van der Waals surface area contributed by atoms with E-state index < -0.39 is 0 Å². The number of rotatable bonds is 44. The van der Waals surface area contributed by atoms with Crippen LogP contribution in [0.4, 0.5) is 0 Å². The molecule has 0 heterocycles. The molecule has 1 aliphatic rings. The molecule has 6 heteroatoms. The summed E-state index contributed by atoms with van der Waals surface area (Å²) in [6, 6.07) is 0. The summed E-state index contributed by atoms with van der Waals surface area (Å²) in [4.78, 5) is 27.5. The molecule has 1 aliphatic carbocycles. The van der Waals surface area contributed by atoms with Crippen LogP contribution in [0.5, 0.6) is 0 Å². The summed E-state index contributed by atoms with van der Waals surface area (Å²) < 4.78 is 11.8. The molecule has 0 atom stereocenters. The van der Waals surface area contributed by atoms with Gasteiger partial charge >= 0.3 is 11.9 Å². The van der Waals surface area contributed by atoms with Gasteiger partial charge in [-0.1, -0.05) is 175 Å². The van der Waals surface area contributed by atoms with Crippen LogP contribution in [0.2, 0.25) is 0 Å². The highest BCUT2D eigenvalue weighted by atomic mass is 16.5. The van der Waals surface area contributed by atoms with Crippen LogP contribution in [0, 0.1) is 5.41 Å². The summed E-state index contributed by atoms with van der Waals surface area (Å²) in [6.45, 7) is 10.5. The summed E-state index contributed by atoms with van der Waals surface area (Å²) in [7, 11) is 0. The van der Waals surface area contributed by atoms with Crippen LogP contribution in [-0.2, 0) is 19.1 Å². The van der Waals surface area contributed by atoms with Gasteiger partial charge in [-0.25, -0.2) is 0 Å². The topological polar surface area (TPSA) is 76.1 Å². The maximum absolute atomic E-state index is 12.8. The number of hydrogen-bond acceptors (Lipinski definition) is 6. The Bertz CT molecular complexity index is 827. The van der Waals surface area contributed by atoms with E-state index in [9.17, 15) is 14.7 Å². The van der Waals surface area contributed by atoms with Crippen molar-refractivity contribution in [3.8, 4) is 0 Å². The first-order chi connectivity index (χ1) is 27.0. The maximum Gasteiger partial charge on any atom is 0.306 e. The van der Waals surface area contributed by atoms with Crippen LogP contribution < -0.4 is 0 Å². The van der Waals surface area contributed by atoms with E-state index in [0.717, 1.165) is 77.4 Å². The van der Waals surface area contributed by atoms with Gasteiger partial charge in [-0.2, -0.15) is 0 Å². The average Bonchev–Trinajstić information content (AvgIpc) is 3.96. The number of esters is 2. The summed E-state index contributed by atoms with van der Waals surface area (Å²) in [5.41, 5.74) is 0.263. The minimum atomic E-state index is 0.00578. The molecular weight excluding hydrogens is 683 g/mol. The third-order valence-corrected chi connectivity index (χ3v) is 12.2. The third kappa shape index (κ3) is 33.5. The van der Waals surface area contributed by atoms with Crippen molar-refractivity contribution < 1.29 is 24.2 Å². The molecule has 6 nitrogen and oxygen atoms in total. The number of carbonyl (C=O) groups excluding carboxylic acids is 2. The summed E-state index contributed by atoms with van der Waals surface area (Å²) in [6.07, 6.45) is 44.2. The van der Waals surface area contributed by atoms with E-state index in [-0.39, 0.29) is 30.1 Å². The maximum atomic E-state index is 12.8. The van der Waals surface area contributed by atoms with Crippen molar-refractivity contribution >= 4 is 11.9 Å². The monoisotopic (exact) mass is 778 g/mol. The van der Waals surface area contributed by atoms with Crippen molar-refractivity contribution in [2.45, 2.75) is 264 Å². The Kier molecular flexibility index (Phi) is 36.2. The first-order valence-electron chi connectivity index (χ1n) is 24.7. The number of aliphatic hydroxyl groups excluding tert-OH is 1. The zero-order valence-corrected chi connectivity index (χ0v) is 37.3. The lowest BCUT2D eigenvalue weighted by atomic mass is 9.99. The van der Waals surface area contributed by atoms with Crippen LogP contribution in [0.3, 0.4) is 0 Å². The molecule has 0 bridgehead atoms. The second-order valence-electron chi connectivity index (χ2n) is 17.7. The predicted octanol–water partition coefficient (Wildman–Crippen LogP) is 14.2. The molecule has 0 radical (unpaired) electrons. The number of carbonyl (C=O) groups is 2. The summed E-state index contributed by atoms with van der Waals surface area (Å²) >= 11 is 0. The zero-order chi connectivity index (χ0) is 39.9. The highest BCUT2D eigenvalue weighted by molar-refractivity contribution is 5.69. The van der Waals surface area contributed by atoms with Gasteiger partial charge in [0.25, 0.3) is 0 Å². The number of aliphatic hydroxyl groups is 1. The van der Waals surface area contributed by atoms with Gasteiger partial charge in [-0.05, 0) is 83.7 Å². The molecule has 0 aromatic heterocycles. The molecule has 0 aliphatic heterocycles. The molecule has 0 saturated heterocycles. The van der Waals surface area contributed by atoms with Gasteiger partial charge in [0.1, 0.15) is 6.10 Å². The molecule has 0 amide bonds. The van der Waals surface area contributed by atoms with Crippen molar-refractivity contribution in [2.75, 3.05) is 32.8 Å². The first kappa shape index (κ1) is 51.9. The first-order valence-corrected chi connectivity index (χ1v) is 24.7. The SMILES string of the molecule is CCCCCCCCCCC(=O)OCC1(CCCCCN(CCO)CCCCCCCC(=O)OC(CCCCCCCCC)CCCCCCCCC)CC1. The van der Waals surface area contributed by atoms with Gasteiger partial charge in [0.05, 0.1) is 13.2 Å². The van der Waals surface area contributed by atoms with Gasteiger partial charge in [-0.15, -0.1) is 0 Å². The van der Waals surface area contributed by atoms with E-state index in [0.29, 0.717) is 19.4 Å². The van der Waals surface area contributed by atoms with E-state index in [1.807, 2.05) is 0 Å². The Labute approximate surface area is 342 Å². The predicted molar refractivity (Wildman–Crippen MR) is 235 cm³/mol. The fraction of sp³-hybridized carbons (Fsp3) is 0.959. The number of nitrogens with zero attached hydrogens (tertiary/aromatic N) is 1. The van der Waals surface area contributed by atoms with Gasteiger partial charge in [0, 0.05) is 24.8 Å². The van der Waals surface area contributed by atoms with Crippen molar-refractivity contribution in [1.82, 2.24) is 4.90 Å². The molecule has 0 aromatic carbocycles. The van der Waals surface area contributed by atoms with E-state index in [1.165, 1.54) is 167 Å². The Morgan fingerprint density at radius 3 is 1.36 bits per heavy atom. The van der Waals surface area contributed by atoms with Crippen LogP contribution >= 0.6 is 0 Å². The second kappa shape index (κ2) is 38.4. The number of hydrogen-bond donors (Lipinski definition) is 1. The smallest absolute Gasteiger partial charge is 0.306 e. The molecule has 326 valence electrons. The average molecular weight is 778 g/mol. The third-order valence-electron chi connectivity index (χ3n) is 12.2. The summed E-state index contributed by atoms with van der Waals surface area (Å²) in [5.74, 6) is 0.0268.